The van der Waals surface area contributed by atoms with Gasteiger partial charge in [0.15, 0.2) is 9.84 Å². The Labute approximate surface area is 134 Å². The van der Waals surface area contributed by atoms with E-state index >= 15 is 0 Å². The average Bonchev–Trinajstić information content (AvgIpc) is 2.84. The first kappa shape index (κ1) is 19.4. The van der Waals surface area contributed by atoms with E-state index in [2.05, 4.69) is 24.1 Å². The molecule has 1 atom stereocenters. The van der Waals surface area contributed by atoms with Gasteiger partial charge in [0.1, 0.15) is 0 Å². The number of hydrogen-bond acceptors (Lipinski definition) is 5. The van der Waals surface area contributed by atoms with Crippen LogP contribution in [0.15, 0.2) is 0 Å². The number of sulfone groups is 1. The monoisotopic (exact) mass is 334 g/mol. The van der Waals surface area contributed by atoms with Crippen LogP contribution >= 0.6 is 0 Å². The van der Waals surface area contributed by atoms with Crippen LogP contribution in [-0.4, -0.2) is 70.1 Å². The second-order valence-corrected chi connectivity index (χ2v) is 8.03. The number of likely N-dealkylation sites (N-methyl/N-ethyl adjacent to an activating group) is 1. The Kier molecular flexibility index (Phi) is 8.97. The predicted octanol–water partition coefficient (Wildman–Crippen LogP) is 0.676. The zero-order chi connectivity index (χ0) is 16.4. The third-order valence-corrected chi connectivity index (χ3v) is 5.96. The molecule has 6 nitrogen and oxygen atoms in total. The minimum Gasteiger partial charge on any atom is -0.378 e. The standard InChI is InChI=1S/C15H30N2O4S/c1-3-17(4-2)9-11-21-10-8-16-15(18)6-5-14-7-12-22(19,20)13-14/h14H,3-13H2,1-2H3,(H,16,18). The van der Waals surface area contributed by atoms with Gasteiger partial charge >= 0.3 is 0 Å². The first-order valence-electron chi connectivity index (χ1n) is 8.24. The van der Waals surface area contributed by atoms with Crippen molar-refractivity contribution < 1.29 is 17.9 Å². The summed E-state index contributed by atoms with van der Waals surface area (Å²) in [5.74, 6) is 0.659. The Morgan fingerprint density at radius 2 is 2.00 bits per heavy atom. The number of amides is 1. The van der Waals surface area contributed by atoms with E-state index in [9.17, 15) is 13.2 Å². The second-order valence-electron chi connectivity index (χ2n) is 5.80. The van der Waals surface area contributed by atoms with Crippen molar-refractivity contribution in [3.8, 4) is 0 Å². The van der Waals surface area contributed by atoms with Crippen LogP contribution in [0, 0.1) is 5.92 Å². The van der Waals surface area contributed by atoms with Crippen molar-refractivity contribution in [3.05, 3.63) is 0 Å². The second kappa shape index (κ2) is 10.2. The highest BCUT2D eigenvalue weighted by Crippen LogP contribution is 2.22. The summed E-state index contributed by atoms with van der Waals surface area (Å²) in [6.45, 7) is 8.92. The third kappa shape index (κ3) is 8.10. The van der Waals surface area contributed by atoms with Gasteiger partial charge in [0.05, 0.1) is 24.7 Å². The van der Waals surface area contributed by atoms with Gasteiger partial charge in [-0.2, -0.15) is 0 Å². The molecule has 0 aromatic heterocycles. The van der Waals surface area contributed by atoms with E-state index in [1.807, 2.05) is 0 Å². The van der Waals surface area contributed by atoms with Crippen LogP contribution in [0.4, 0.5) is 0 Å². The van der Waals surface area contributed by atoms with Crippen molar-refractivity contribution in [2.45, 2.75) is 33.1 Å². The van der Waals surface area contributed by atoms with Gasteiger partial charge < -0.3 is 15.0 Å². The molecule has 1 fully saturated rings. The lowest BCUT2D eigenvalue weighted by molar-refractivity contribution is -0.121. The maximum atomic E-state index is 11.7. The predicted molar refractivity (Wildman–Crippen MR) is 87.6 cm³/mol. The zero-order valence-electron chi connectivity index (χ0n) is 13.8. The van der Waals surface area contributed by atoms with E-state index in [0.29, 0.717) is 39.0 Å². The smallest absolute Gasteiger partial charge is 0.220 e. The van der Waals surface area contributed by atoms with Crippen molar-refractivity contribution >= 4 is 15.7 Å². The van der Waals surface area contributed by atoms with Crippen LogP contribution in [0.1, 0.15) is 33.1 Å². The number of carbonyl (C=O) groups is 1. The molecule has 1 aliphatic heterocycles. The van der Waals surface area contributed by atoms with Gasteiger partial charge in [-0.1, -0.05) is 13.8 Å². The fourth-order valence-corrected chi connectivity index (χ4v) is 4.53. The third-order valence-electron chi connectivity index (χ3n) is 4.12. The molecule has 1 unspecified atom stereocenters. The first-order chi connectivity index (χ1) is 10.5. The molecule has 1 amide bonds. The van der Waals surface area contributed by atoms with E-state index in [-0.39, 0.29) is 23.3 Å². The highest BCUT2D eigenvalue weighted by Gasteiger charge is 2.27. The van der Waals surface area contributed by atoms with Crippen molar-refractivity contribution in [2.24, 2.45) is 5.92 Å². The Bertz CT molecular complexity index is 421. The topological polar surface area (TPSA) is 75.7 Å². The van der Waals surface area contributed by atoms with Crippen LogP contribution in [0.25, 0.3) is 0 Å². The normalized spacial score (nSPS) is 20.4. The lowest BCUT2D eigenvalue weighted by Gasteiger charge is -2.17. The number of hydrogen-bond donors (Lipinski definition) is 1. The molecule has 0 saturated carbocycles. The van der Waals surface area contributed by atoms with Crippen molar-refractivity contribution in [1.82, 2.24) is 10.2 Å². The van der Waals surface area contributed by atoms with Crippen LogP contribution in [0.2, 0.25) is 0 Å². The lowest BCUT2D eigenvalue weighted by atomic mass is 10.0. The zero-order valence-corrected chi connectivity index (χ0v) is 14.7. The molecule has 1 heterocycles. The van der Waals surface area contributed by atoms with Gasteiger partial charge in [-0.05, 0) is 31.8 Å². The summed E-state index contributed by atoms with van der Waals surface area (Å²) >= 11 is 0. The van der Waals surface area contributed by atoms with E-state index in [4.69, 9.17) is 4.74 Å². The summed E-state index contributed by atoms with van der Waals surface area (Å²) < 4.78 is 28.1. The molecule has 130 valence electrons. The molecule has 0 aliphatic carbocycles. The summed E-state index contributed by atoms with van der Waals surface area (Å²) in [5.41, 5.74) is 0. The van der Waals surface area contributed by atoms with E-state index in [1.165, 1.54) is 0 Å². The Hall–Kier alpha value is -0.660. The molecule has 1 saturated heterocycles. The maximum Gasteiger partial charge on any atom is 0.220 e. The fourth-order valence-electron chi connectivity index (χ4n) is 2.62. The maximum absolute atomic E-state index is 11.7. The molecule has 22 heavy (non-hydrogen) atoms. The number of ether oxygens (including phenoxy) is 1. The summed E-state index contributed by atoms with van der Waals surface area (Å²) in [4.78, 5) is 14.0. The molecule has 7 heteroatoms. The quantitative estimate of drug-likeness (QED) is 0.562. The highest BCUT2D eigenvalue weighted by molar-refractivity contribution is 7.91. The Balaban J connectivity index is 1.98. The van der Waals surface area contributed by atoms with Gasteiger partial charge in [0.25, 0.3) is 0 Å². The number of nitrogens with one attached hydrogen (secondary N) is 1. The SMILES string of the molecule is CCN(CC)CCOCCNC(=O)CCC1CCS(=O)(=O)C1. The molecule has 0 bridgehead atoms. The van der Waals surface area contributed by atoms with Crippen LogP contribution in [0.3, 0.4) is 0 Å². The van der Waals surface area contributed by atoms with E-state index < -0.39 is 9.84 Å². The van der Waals surface area contributed by atoms with Gasteiger partial charge in [-0.25, -0.2) is 8.42 Å². The van der Waals surface area contributed by atoms with E-state index in [1.54, 1.807) is 0 Å². The van der Waals surface area contributed by atoms with E-state index in [0.717, 1.165) is 19.6 Å². The highest BCUT2D eigenvalue weighted by atomic mass is 32.2. The first-order valence-corrected chi connectivity index (χ1v) is 10.1. The molecule has 0 spiro atoms. The molecule has 0 aromatic carbocycles. The summed E-state index contributed by atoms with van der Waals surface area (Å²) in [6.07, 6.45) is 1.76. The Morgan fingerprint density at radius 1 is 1.27 bits per heavy atom. The van der Waals surface area contributed by atoms with Gasteiger partial charge in [0, 0.05) is 19.5 Å². The number of nitrogens with zero attached hydrogens (tertiary/aromatic N) is 1. The van der Waals surface area contributed by atoms with Gasteiger partial charge in [-0.3, -0.25) is 4.79 Å². The largest absolute Gasteiger partial charge is 0.378 e. The molecule has 1 N–H and O–H groups in total. The molecule has 0 radical (unpaired) electrons. The molecular formula is C15H30N2O4S. The van der Waals surface area contributed by atoms with Crippen LogP contribution in [-0.2, 0) is 19.4 Å². The minimum atomic E-state index is -2.84. The molecule has 0 aromatic rings. The Morgan fingerprint density at radius 3 is 2.59 bits per heavy atom. The van der Waals surface area contributed by atoms with Crippen molar-refractivity contribution in [1.29, 1.82) is 0 Å². The summed E-state index contributed by atoms with van der Waals surface area (Å²) in [7, 11) is -2.84. The molecule has 1 rings (SSSR count). The average molecular weight is 334 g/mol. The summed E-state index contributed by atoms with van der Waals surface area (Å²) in [6, 6.07) is 0. The molecular weight excluding hydrogens is 304 g/mol. The van der Waals surface area contributed by atoms with Crippen molar-refractivity contribution in [3.63, 3.8) is 0 Å². The van der Waals surface area contributed by atoms with Crippen molar-refractivity contribution in [2.75, 3.05) is 50.9 Å². The molecule has 1 aliphatic rings. The van der Waals surface area contributed by atoms with Gasteiger partial charge in [-0.15, -0.1) is 0 Å². The van der Waals surface area contributed by atoms with Crippen LogP contribution < -0.4 is 5.32 Å². The van der Waals surface area contributed by atoms with Gasteiger partial charge in [0.2, 0.25) is 5.91 Å². The number of rotatable bonds is 11. The number of carbonyl (C=O) groups excluding carboxylic acids is 1. The minimum absolute atomic E-state index is 0.0170. The fraction of sp³-hybridized carbons (Fsp3) is 0.933. The summed E-state index contributed by atoms with van der Waals surface area (Å²) in [5, 5.41) is 2.82. The van der Waals surface area contributed by atoms with Crippen LogP contribution in [0.5, 0.6) is 0 Å². The lowest BCUT2D eigenvalue weighted by Crippen LogP contribution is -2.30.